The summed E-state index contributed by atoms with van der Waals surface area (Å²) in [5.41, 5.74) is 9.45. The maximum atomic E-state index is 12.4. The molecule has 0 saturated carbocycles. The third kappa shape index (κ3) is 3.63. The van der Waals surface area contributed by atoms with Gasteiger partial charge in [0.15, 0.2) is 0 Å². The van der Waals surface area contributed by atoms with Gasteiger partial charge in [0.2, 0.25) is 0 Å². The third-order valence-electron chi connectivity index (χ3n) is 3.09. The van der Waals surface area contributed by atoms with Crippen molar-refractivity contribution in [2.24, 2.45) is 0 Å². The second-order valence-electron chi connectivity index (χ2n) is 6.12. The number of nitrogens with two attached hydrogens (primary N) is 1. The van der Waals surface area contributed by atoms with Gasteiger partial charge in [0.25, 0.3) is 0 Å². The van der Waals surface area contributed by atoms with E-state index in [0.29, 0.717) is 11.3 Å². The molecule has 2 aromatic carbocycles. The highest BCUT2D eigenvalue weighted by molar-refractivity contribution is 5.98. The molecule has 2 N–H and O–H groups in total. The van der Waals surface area contributed by atoms with Crippen molar-refractivity contribution in [1.29, 1.82) is 0 Å². The lowest BCUT2D eigenvalue weighted by molar-refractivity contribution is 0.00705. The largest absolute Gasteiger partial charge is 0.456 e. The van der Waals surface area contributed by atoms with Crippen LogP contribution in [-0.4, -0.2) is 11.6 Å². The van der Waals surface area contributed by atoms with Gasteiger partial charge in [-0.2, -0.15) is 0 Å². The zero-order valence-corrected chi connectivity index (χ0v) is 12.9. The number of hydrogen-bond acceptors (Lipinski definition) is 3. The number of ether oxygens (including phenoxy) is 1. The van der Waals surface area contributed by atoms with Crippen LogP contribution < -0.4 is 5.73 Å². The molecule has 0 aromatic heterocycles. The second kappa shape index (κ2) is 5.60. The number of anilines is 1. The van der Waals surface area contributed by atoms with Gasteiger partial charge >= 0.3 is 5.97 Å². The van der Waals surface area contributed by atoms with E-state index in [1.54, 1.807) is 6.07 Å². The van der Waals surface area contributed by atoms with Crippen LogP contribution in [0.5, 0.6) is 0 Å². The van der Waals surface area contributed by atoms with E-state index in [2.05, 4.69) is 0 Å². The van der Waals surface area contributed by atoms with Crippen LogP contribution in [0.25, 0.3) is 11.1 Å². The van der Waals surface area contributed by atoms with Crippen LogP contribution in [0.15, 0.2) is 42.5 Å². The highest BCUT2D eigenvalue weighted by Crippen LogP contribution is 2.29. The van der Waals surface area contributed by atoms with Crippen LogP contribution in [0.2, 0.25) is 0 Å². The van der Waals surface area contributed by atoms with E-state index in [-0.39, 0.29) is 5.97 Å². The molecule has 2 rings (SSSR count). The Morgan fingerprint density at radius 1 is 1.05 bits per heavy atom. The summed E-state index contributed by atoms with van der Waals surface area (Å²) in [6.07, 6.45) is 0. The van der Waals surface area contributed by atoms with Crippen LogP contribution in [0.1, 0.15) is 36.7 Å². The Morgan fingerprint density at radius 2 is 1.71 bits per heavy atom. The average molecular weight is 283 g/mol. The first-order chi connectivity index (χ1) is 9.78. The molecule has 3 heteroatoms. The van der Waals surface area contributed by atoms with E-state index in [1.165, 1.54) is 0 Å². The van der Waals surface area contributed by atoms with Gasteiger partial charge in [-0.1, -0.05) is 24.3 Å². The molecule has 2 aromatic rings. The fourth-order valence-electron chi connectivity index (χ4n) is 2.22. The van der Waals surface area contributed by atoms with Gasteiger partial charge in [-0.15, -0.1) is 0 Å². The number of carbonyl (C=O) groups excluding carboxylic acids is 1. The number of rotatable bonds is 2. The van der Waals surface area contributed by atoms with E-state index < -0.39 is 5.60 Å². The fourth-order valence-corrected chi connectivity index (χ4v) is 2.22. The minimum absolute atomic E-state index is 0.311. The maximum Gasteiger partial charge on any atom is 0.339 e. The normalized spacial score (nSPS) is 11.2. The summed E-state index contributed by atoms with van der Waals surface area (Å²) >= 11 is 0. The Balaban J connectivity index is 2.48. The number of carbonyl (C=O) groups is 1. The highest BCUT2D eigenvalue weighted by atomic mass is 16.6. The van der Waals surface area contributed by atoms with Crippen molar-refractivity contribution in [1.82, 2.24) is 0 Å². The summed E-state index contributed by atoms with van der Waals surface area (Å²) in [5, 5.41) is 0. The van der Waals surface area contributed by atoms with Crippen molar-refractivity contribution in [3.8, 4) is 11.1 Å². The van der Waals surface area contributed by atoms with Crippen molar-refractivity contribution in [2.75, 3.05) is 5.73 Å². The number of esters is 1. The zero-order chi connectivity index (χ0) is 15.6. The van der Waals surface area contributed by atoms with Gasteiger partial charge in [0, 0.05) is 5.69 Å². The van der Waals surface area contributed by atoms with Crippen molar-refractivity contribution in [3.05, 3.63) is 53.6 Å². The number of hydrogen-bond donors (Lipinski definition) is 1. The first-order valence-electron chi connectivity index (χ1n) is 6.97. The van der Waals surface area contributed by atoms with E-state index in [4.69, 9.17) is 10.5 Å². The maximum absolute atomic E-state index is 12.4. The van der Waals surface area contributed by atoms with Crippen LogP contribution in [0.4, 0.5) is 5.69 Å². The lowest BCUT2D eigenvalue weighted by atomic mass is 9.95. The van der Waals surface area contributed by atoms with Crippen LogP contribution in [0, 0.1) is 6.92 Å². The van der Waals surface area contributed by atoms with Crippen LogP contribution in [-0.2, 0) is 4.74 Å². The van der Waals surface area contributed by atoms with Crippen molar-refractivity contribution in [2.45, 2.75) is 33.3 Å². The molecule has 3 nitrogen and oxygen atoms in total. The predicted octanol–water partition coefficient (Wildman–Crippen LogP) is 4.20. The van der Waals surface area contributed by atoms with Crippen LogP contribution >= 0.6 is 0 Å². The molecule has 0 fully saturated rings. The summed E-state index contributed by atoms with van der Waals surface area (Å²) in [5.74, 6) is -0.311. The lowest BCUT2D eigenvalue weighted by Crippen LogP contribution is -2.24. The Hall–Kier alpha value is -2.29. The molecule has 0 bridgehead atoms. The summed E-state index contributed by atoms with van der Waals surface area (Å²) in [6.45, 7) is 7.57. The number of aryl methyl sites for hydroxylation is 1. The molecule has 0 heterocycles. The fraction of sp³-hybridized carbons (Fsp3) is 0.278. The molecule has 21 heavy (non-hydrogen) atoms. The van der Waals surface area contributed by atoms with E-state index in [0.717, 1.165) is 16.7 Å². The summed E-state index contributed by atoms with van der Waals surface area (Å²) in [7, 11) is 0. The smallest absolute Gasteiger partial charge is 0.339 e. The molecule has 0 atom stereocenters. The molecule has 0 spiro atoms. The Bertz CT molecular complexity index is 669. The quantitative estimate of drug-likeness (QED) is 0.664. The molecule has 0 saturated heterocycles. The van der Waals surface area contributed by atoms with E-state index in [1.807, 2.05) is 64.1 Å². The lowest BCUT2D eigenvalue weighted by Gasteiger charge is -2.21. The Labute approximate surface area is 125 Å². The summed E-state index contributed by atoms with van der Waals surface area (Å²) < 4.78 is 5.49. The number of benzene rings is 2. The first kappa shape index (κ1) is 15.1. The monoisotopic (exact) mass is 283 g/mol. The SMILES string of the molecule is Cc1cc(N)ccc1-c1ccccc1C(=O)OC(C)(C)C. The molecule has 0 aliphatic heterocycles. The standard InChI is InChI=1S/C18H21NO2/c1-12-11-13(19)9-10-14(12)15-7-5-6-8-16(15)17(20)21-18(2,3)4/h5-11H,19H2,1-4H3. The Kier molecular flexibility index (Phi) is 4.03. The van der Waals surface area contributed by atoms with Crippen molar-refractivity contribution in [3.63, 3.8) is 0 Å². The van der Waals surface area contributed by atoms with Gasteiger partial charge < -0.3 is 10.5 Å². The minimum Gasteiger partial charge on any atom is -0.456 e. The minimum atomic E-state index is -0.514. The summed E-state index contributed by atoms with van der Waals surface area (Å²) in [6, 6.07) is 13.2. The molecule has 0 radical (unpaired) electrons. The molecular weight excluding hydrogens is 262 g/mol. The molecule has 110 valence electrons. The molecular formula is C18H21NO2. The Morgan fingerprint density at radius 3 is 2.33 bits per heavy atom. The van der Waals surface area contributed by atoms with E-state index in [9.17, 15) is 4.79 Å². The van der Waals surface area contributed by atoms with Gasteiger partial charge in [-0.3, -0.25) is 0 Å². The van der Waals surface area contributed by atoms with Gasteiger partial charge in [-0.05, 0) is 62.6 Å². The molecule has 0 unspecified atom stereocenters. The van der Waals surface area contributed by atoms with Gasteiger partial charge in [-0.25, -0.2) is 4.79 Å². The second-order valence-corrected chi connectivity index (χ2v) is 6.12. The van der Waals surface area contributed by atoms with E-state index >= 15 is 0 Å². The zero-order valence-electron chi connectivity index (χ0n) is 12.9. The van der Waals surface area contributed by atoms with Crippen molar-refractivity contribution >= 4 is 11.7 Å². The summed E-state index contributed by atoms with van der Waals surface area (Å²) in [4.78, 5) is 12.4. The molecule has 0 aliphatic rings. The topological polar surface area (TPSA) is 52.3 Å². The van der Waals surface area contributed by atoms with Crippen LogP contribution in [0.3, 0.4) is 0 Å². The van der Waals surface area contributed by atoms with Gasteiger partial charge in [0.05, 0.1) is 5.56 Å². The van der Waals surface area contributed by atoms with Crippen molar-refractivity contribution < 1.29 is 9.53 Å². The average Bonchev–Trinajstić information content (AvgIpc) is 2.37. The first-order valence-corrected chi connectivity index (χ1v) is 6.97. The third-order valence-corrected chi connectivity index (χ3v) is 3.09. The highest BCUT2D eigenvalue weighted by Gasteiger charge is 2.21. The predicted molar refractivity (Wildman–Crippen MR) is 86.2 cm³/mol. The molecule has 0 amide bonds. The number of nitrogen functional groups attached to an aromatic ring is 1. The molecule has 0 aliphatic carbocycles. The van der Waals surface area contributed by atoms with Gasteiger partial charge in [0.1, 0.15) is 5.60 Å².